The van der Waals surface area contributed by atoms with Crippen LogP contribution in [0.4, 0.5) is 0 Å². The molecule has 23 heavy (non-hydrogen) atoms. The number of rotatable bonds is 7. The Morgan fingerprint density at radius 3 is 2.09 bits per heavy atom. The van der Waals surface area contributed by atoms with Crippen LogP contribution in [0.2, 0.25) is 0 Å². The first-order chi connectivity index (χ1) is 10.7. The highest BCUT2D eigenvalue weighted by Gasteiger charge is 2.47. The summed E-state index contributed by atoms with van der Waals surface area (Å²) >= 11 is 2.95. The Morgan fingerprint density at radius 2 is 1.65 bits per heavy atom. The Balaban J connectivity index is 3.17. The first-order valence-electron chi connectivity index (χ1n) is 6.94. The Bertz CT molecular complexity index is 459. The lowest BCUT2D eigenvalue weighted by molar-refractivity contribution is -0.286. The molecule has 4 N–H and O–H groups in total. The highest BCUT2D eigenvalue weighted by atomic mass is 79.9. The first kappa shape index (κ1) is 21.0. The highest BCUT2D eigenvalue weighted by Crippen LogP contribution is 2.60. The third-order valence-corrected chi connectivity index (χ3v) is 6.74. The summed E-state index contributed by atoms with van der Waals surface area (Å²) in [5.74, 6) is -0.685. The molecular formula is C12H22BrO9P. The molecule has 0 bridgehead atoms. The smallest absolute Gasteiger partial charge is 0.371 e. The number of halogens is 1. The zero-order valence-corrected chi connectivity index (χ0v) is 15.4. The van der Waals surface area contributed by atoms with Crippen LogP contribution in [0, 0.1) is 0 Å². The van der Waals surface area contributed by atoms with Crippen LogP contribution in [0.3, 0.4) is 0 Å². The molecular weight excluding hydrogens is 399 g/mol. The van der Waals surface area contributed by atoms with Crippen LogP contribution in [0.25, 0.3) is 0 Å². The van der Waals surface area contributed by atoms with Gasteiger partial charge in [0.25, 0.3) is 0 Å². The molecule has 1 aliphatic heterocycles. The maximum Gasteiger partial charge on any atom is 0.371 e. The molecule has 1 aliphatic rings. The molecule has 1 rings (SSSR count). The molecule has 0 saturated carbocycles. The Labute approximate surface area is 142 Å². The van der Waals surface area contributed by atoms with Gasteiger partial charge in [-0.3, -0.25) is 4.57 Å². The molecule has 0 aromatic rings. The summed E-state index contributed by atoms with van der Waals surface area (Å²) in [4.78, 5) is 0. The van der Waals surface area contributed by atoms with Gasteiger partial charge in [-0.15, -0.1) is 0 Å². The molecule has 1 fully saturated rings. The third kappa shape index (κ3) is 4.53. The molecule has 11 heteroatoms. The summed E-state index contributed by atoms with van der Waals surface area (Å²) in [7, 11) is -2.63. The summed E-state index contributed by atoms with van der Waals surface area (Å²) < 4.78 is 32.5. The fourth-order valence-electron chi connectivity index (χ4n) is 2.02. The summed E-state index contributed by atoms with van der Waals surface area (Å²) in [6, 6.07) is 0. The van der Waals surface area contributed by atoms with Gasteiger partial charge >= 0.3 is 7.60 Å². The fraction of sp³-hybridized carbons (Fsp3) is 0.833. The van der Waals surface area contributed by atoms with E-state index in [-0.39, 0.29) is 17.4 Å². The lowest BCUT2D eigenvalue weighted by Crippen LogP contribution is -2.58. The minimum absolute atomic E-state index is 0.0514. The zero-order chi connectivity index (χ0) is 17.8. The Morgan fingerprint density at radius 1 is 1.13 bits per heavy atom. The topological polar surface area (TPSA) is 135 Å². The van der Waals surface area contributed by atoms with E-state index in [9.17, 15) is 25.0 Å². The van der Waals surface area contributed by atoms with Gasteiger partial charge in [0, 0.05) is 7.11 Å². The van der Waals surface area contributed by atoms with Crippen molar-refractivity contribution < 1.29 is 43.5 Å². The fourth-order valence-corrected chi connectivity index (χ4v) is 4.25. The van der Waals surface area contributed by atoms with Crippen molar-refractivity contribution in [1.82, 2.24) is 0 Å². The van der Waals surface area contributed by atoms with E-state index in [4.69, 9.17) is 18.5 Å². The predicted molar refractivity (Wildman–Crippen MR) is 83.1 cm³/mol. The summed E-state index contributed by atoms with van der Waals surface area (Å²) in [6.07, 6.45) is -7.62. The molecule has 1 saturated heterocycles. The molecule has 0 spiro atoms. The summed E-state index contributed by atoms with van der Waals surface area (Å²) in [5, 5.41) is 39.8. The van der Waals surface area contributed by atoms with E-state index in [0.717, 1.165) is 0 Å². The van der Waals surface area contributed by atoms with Crippen molar-refractivity contribution in [3.8, 4) is 0 Å². The van der Waals surface area contributed by atoms with Gasteiger partial charge in [-0.2, -0.15) is 0 Å². The van der Waals surface area contributed by atoms with Gasteiger partial charge in [-0.25, -0.2) is 0 Å². The van der Waals surface area contributed by atoms with Crippen LogP contribution in [-0.4, -0.2) is 71.5 Å². The van der Waals surface area contributed by atoms with E-state index in [1.54, 1.807) is 13.8 Å². The van der Waals surface area contributed by atoms with Crippen LogP contribution >= 0.6 is 23.5 Å². The van der Waals surface area contributed by atoms with E-state index in [1.807, 2.05) is 0 Å². The molecule has 9 nitrogen and oxygen atoms in total. The van der Waals surface area contributed by atoms with Crippen molar-refractivity contribution in [1.29, 1.82) is 0 Å². The number of hydrogen-bond acceptors (Lipinski definition) is 9. The van der Waals surface area contributed by atoms with Crippen LogP contribution < -0.4 is 0 Å². The van der Waals surface area contributed by atoms with E-state index in [2.05, 4.69) is 15.9 Å². The predicted octanol–water partition coefficient (Wildman–Crippen LogP) is 0.828. The molecule has 0 aromatic carbocycles. The van der Waals surface area contributed by atoms with Crippen molar-refractivity contribution in [3.05, 3.63) is 9.98 Å². The number of aliphatic hydroxyl groups excluding tert-OH is 4. The maximum absolute atomic E-state index is 12.6. The Kier molecular flexibility index (Phi) is 8.12. The highest BCUT2D eigenvalue weighted by molar-refractivity contribution is 9.13. The monoisotopic (exact) mass is 420 g/mol. The van der Waals surface area contributed by atoms with Gasteiger partial charge in [0.15, 0.2) is 6.29 Å². The van der Waals surface area contributed by atoms with Gasteiger partial charge in [-0.05, 0) is 29.8 Å². The minimum atomic E-state index is -3.85. The van der Waals surface area contributed by atoms with Crippen LogP contribution in [0.1, 0.15) is 13.8 Å². The maximum atomic E-state index is 12.6. The molecule has 1 heterocycles. The van der Waals surface area contributed by atoms with Crippen molar-refractivity contribution in [2.45, 2.75) is 44.6 Å². The number of aliphatic hydroxyl groups is 4. The quantitative estimate of drug-likeness (QED) is 0.348. The molecule has 0 aliphatic carbocycles. The van der Waals surface area contributed by atoms with E-state index < -0.39 is 44.1 Å². The first-order valence-corrected chi connectivity index (χ1v) is 9.27. The molecule has 5 atom stereocenters. The number of hydrogen-bond donors (Lipinski definition) is 4. The Hall–Kier alpha value is -0.0300. The lowest BCUT2D eigenvalue weighted by Gasteiger charge is -2.39. The standard InChI is InChI=1S/C12H22BrO9P/c1-4-20-23(18,21-5-2)11(13)9(17)10-7(15)6(14)8(16)12(19-3)22-10/h6-8,10,12,14-17H,4-5H2,1-3H3/b11-9+/t6-,7-,8+,10-,12-/m0/s1. The van der Waals surface area contributed by atoms with Crippen molar-refractivity contribution in [3.63, 3.8) is 0 Å². The lowest BCUT2D eigenvalue weighted by atomic mass is 9.98. The second-order valence-electron chi connectivity index (χ2n) is 4.64. The number of ether oxygens (including phenoxy) is 2. The van der Waals surface area contributed by atoms with E-state index in [1.165, 1.54) is 7.11 Å². The average Bonchev–Trinajstić information content (AvgIpc) is 2.52. The molecule has 0 amide bonds. The second-order valence-corrected chi connectivity index (χ2v) is 8.01. The van der Waals surface area contributed by atoms with Crippen LogP contribution in [0.5, 0.6) is 0 Å². The summed E-state index contributed by atoms with van der Waals surface area (Å²) in [5.41, 5.74) is 0. The van der Waals surface area contributed by atoms with Crippen molar-refractivity contribution >= 4 is 23.5 Å². The van der Waals surface area contributed by atoms with Gasteiger partial charge in [-0.1, -0.05) is 0 Å². The van der Waals surface area contributed by atoms with Crippen molar-refractivity contribution in [2.75, 3.05) is 20.3 Å². The molecule has 0 aromatic heterocycles. The average molecular weight is 421 g/mol. The van der Waals surface area contributed by atoms with E-state index in [0.29, 0.717) is 0 Å². The third-order valence-electron chi connectivity index (χ3n) is 3.12. The normalized spacial score (nSPS) is 33.4. The number of methoxy groups -OCH3 is 1. The van der Waals surface area contributed by atoms with Gasteiger partial charge in [0.05, 0.1) is 13.2 Å². The SMILES string of the molecule is CCOP(=O)(OCC)/C(Br)=C(/O)[C@H]1O[C@H](OC)[C@H](O)[C@@H](O)[C@@H]1O. The van der Waals surface area contributed by atoms with Crippen molar-refractivity contribution in [2.24, 2.45) is 0 Å². The van der Waals surface area contributed by atoms with Crippen LogP contribution in [0.15, 0.2) is 9.98 Å². The van der Waals surface area contributed by atoms with Gasteiger partial charge in [0.1, 0.15) is 34.4 Å². The largest absolute Gasteiger partial charge is 0.508 e. The van der Waals surface area contributed by atoms with Gasteiger partial charge < -0.3 is 38.9 Å². The minimum Gasteiger partial charge on any atom is -0.508 e. The molecule has 0 unspecified atom stereocenters. The molecule has 0 radical (unpaired) electrons. The van der Waals surface area contributed by atoms with Gasteiger partial charge in [0.2, 0.25) is 0 Å². The molecule has 136 valence electrons. The summed E-state index contributed by atoms with van der Waals surface area (Å²) in [6.45, 7) is 3.29. The zero-order valence-electron chi connectivity index (χ0n) is 13.0. The van der Waals surface area contributed by atoms with E-state index >= 15 is 0 Å². The van der Waals surface area contributed by atoms with Crippen LogP contribution in [-0.2, 0) is 23.1 Å². The second kappa shape index (κ2) is 8.89.